The summed E-state index contributed by atoms with van der Waals surface area (Å²) in [5, 5.41) is 15.4. The van der Waals surface area contributed by atoms with Gasteiger partial charge in [-0.3, -0.25) is 14.9 Å². The number of halogens is 1. The summed E-state index contributed by atoms with van der Waals surface area (Å²) in [7, 11) is 0. The molecule has 0 saturated carbocycles. The lowest BCUT2D eigenvalue weighted by Crippen LogP contribution is -2.36. The quantitative estimate of drug-likeness (QED) is 0.300. The Morgan fingerprint density at radius 2 is 2.00 bits per heavy atom. The standard InChI is InChI=1S/C20H21ClN4O4S/c1-14(30-18-5-2-16(21)3-6-18)20(26)23-22-13-15-12-17(25(27)28)4-7-19(15)24-8-10-29-11-9-24/h2-7,12-14H,8-11H2,1H3,(H,23,26)/b22-13-/t14-/m1/s1. The second kappa shape index (κ2) is 10.4. The van der Waals surface area contributed by atoms with Crippen molar-refractivity contribution in [2.75, 3.05) is 31.2 Å². The predicted octanol–water partition coefficient (Wildman–Crippen LogP) is 3.72. The number of hydrogen-bond acceptors (Lipinski definition) is 7. The molecule has 2 aromatic rings. The van der Waals surface area contributed by atoms with Gasteiger partial charge in [0.05, 0.1) is 29.6 Å². The molecular formula is C20H21ClN4O4S. The number of hydrazone groups is 1. The van der Waals surface area contributed by atoms with E-state index in [4.69, 9.17) is 16.3 Å². The van der Waals surface area contributed by atoms with E-state index in [-0.39, 0.29) is 16.8 Å². The first-order valence-electron chi connectivity index (χ1n) is 9.30. The van der Waals surface area contributed by atoms with Crippen LogP contribution in [0.15, 0.2) is 52.5 Å². The Morgan fingerprint density at radius 3 is 2.67 bits per heavy atom. The van der Waals surface area contributed by atoms with Crippen LogP contribution in [0.4, 0.5) is 11.4 Å². The minimum atomic E-state index is -0.455. The molecule has 3 rings (SSSR count). The van der Waals surface area contributed by atoms with E-state index in [1.165, 1.54) is 30.1 Å². The molecule has 1 amide bonds. The molecule has 2 aromatic carbocycles. The SMILES string of the molecule is C[C@@H](Sc1ccc(Cl)cc1)C(=O)N/N=C\c1cc([N+](=O)[O-])ccc1N1CCOCC1. The molecule has 1 fully saturated rings. The summed E-state index contributed by atoms with van der Waals surface area (Å²) in [5.74, 6) is -0.274. The van der Waals surface area contributed by atoms with Crippen molar-refractivity contribution < 1.29 is 14.5 Å². The number of ether oxygens (including phenoxy) is 1. The molecule has 0 aliphatic carbocycles. The summed E-state index contributed by atoms with van der Waals surface area (Å²) in [6.45, 7) is 4.31. The highest BCUT2D eigenvalue weighted by Crippen LogP contribution is 2.26. The van der Waals surface area contributed by atoms with Crippen molar-refractivity contribution in [2.45, 2.75) is 17.1 Å². The average Bonchev–Trinajstić information content (AvgIpc) is 2.75. The van der Waals surface area contributed by atoms with Gasteiger partial charge in [-0.25, -0.2) is 5.43 Å². The van der Waals surface area contributed by atoms with E-state index in [9.17, 15) is 14.9 Å². The fraction of sp³-hybridized carbons (Fsp3) is 0.300. The molecule has 0 aromatic heterocycles. The summed E-state index contributed by atoms with van der Waals surface area (Å²) in [5.41, 5.74) is 3.85. The minimum Gasteiger partial charge on any atom is -0.378 e. The number of thioether (sulfide) groups is 1. The van der Waals surface area contributed by atoms with Crippen molar-refractivity contribution in [1.82, 2.24) is 5.43 Å². The molecule has 10 heteroatoms. The first kappa shape index (κ1) is 22.1. The molecule has 0 radical (unpaired) electrons. The van der Waals surface area contributed by atoms with Gasteiger partial charge in [-0.1, -0.05) is 11.6 Å². The third-order valence-corrected chi connectivity index (χ3v) is 5.81. The Labute approximate surface area is 183 Å². The molecular weight excluding hydrogens is 428 g/mol. The number of nitrogens with one attached hydrogen (secondary N) is 1. The van der Waals surface area contributed by atoms with Gasteiger partial charge in [-0.05, 0) is 37.3 Å². The van der Waals surface area contributed by atoms with Crippen molar-refractivity contribution >= 4 is 46.9 Å². The Kier molecular flexibility index (Phi) is 7.67. The third-order valence-electron chi connectivity index (χ3n) is 4.45. The Hall–Kier alpha value is -2.62. The lowest BCUT2D eigenvalue weighted by Gasteiger charge is -2.29. The number of rotatable bonds is 7. The van der Waals surface area contributed by atoms with Crippen LogP contribution in [-0.2, 0) is 9.53 Å². The summed E-state index contributed by atoms with van der Waals surface area (Å²) in [6, 6.07) is 11.8. The van der Waals surface area contributed by atoms with Crippen molar-refractivity contribution in [1.29, 1.82) is 0 Å². The maximum atomic E-state index is 12.4. The van der Waals surface area contributed by atoms with E-state index >= 15 is 0 Å². The van der Waals surface area contributed by atoms with Crippen LogP contribution in [0.5, 0.6) is 0 Å². The number of carbonyl (C=O) groups excluding carboxylic acids is 1. The Balaban J connectivity index is 1.68. The van der Waals surface area contributed by atoms with Crippen LogP contribution < -0.4 is 10.3 Å². The summed E-state index contributed by atoms with van der Waals surface area (Å²) >= 11 is 7.26. The van der Waals surface area contributed by atoms with Gasteiger partial charge >= 0.3 is 0 Å². The fourth-order valence-corrected chi connectivity index (χ4v) is 3.87. The Morgan fingerprint density at radius 1 is 1.30 bits per heavy atom. The lowest BCUT2D eigenvalue weighted by molar-refractivity contribution is -0.384. The topological polar surface area (TPSA) is 97.1 Å². The van der Waals surface area contributed by atoms with E-state index in [0.29, 0.717) is 36.9 Å². The molecule has 0 bridgehead atoms. The largest absolute Gasteiger partial charge is 0.378 e. The van der Waals surface area contributed by atoms with E-state index in [0.717, 1.165) is 10.6 Å². The molecule has 30 heavy (non-hydrogen) atoms. The molecule has 1 atom stereocenters. The van der Waals surface area contributed by atoms with E-state index in [1.54, 1.807) is 25.1 Å². The van der Waals surface area contributed by atoms with Gasteiger partial charge in [0.25, 0.3) is 11.6 Å². The van der Waals surface area contributed by atoms with Gasteiger partial charge in [-0.15, -0.1) is 11.8 Å². The van der Waals surface area contributed by atoms with Gasteiger partial charge in [0.2, 0.25) is 0 Å². The molecule has 158 valence electrons. The predicted molar refractivity (Wildman–Crippen MR) is 119 cm³/mol. The zero-order valence-electron chi connectivity index (χ0n) is 16.3. The normalized spacial score (nSPS) is 15.2. The van der Waals surface area contributed by atoms with Gasteiger partial charge in [0.15, 0.2) is 0 Å². The average molecular weight is 449 g/mol. The van der Waals surface area contributed by atoms with Crippen LogP contribution in [0.25, 0.3) is 0 Å². The van der Waals surface area contributed by atoms with Crippen LogP contribution in [-0.4, -0.2) is 48.6 Å². The van der Waals surface area contributed by atoms with Crippen molar-refractivity contribution in [3.8, 4) is 0 Å². The lowest BCUT2D eigenvalue weighted by atomic mass is 10.1. The molecule has 0 unspecified atom stereocenters. The summed E-state index contributed by atoms with van der Waals surface area (Å²) in [6.07, 6.45) is 1.44. The number of nitrogens with zero attached hydrogens (tertiary/aromatic N) is 3. The van der Waals surface area contributed by atoms with E-state index in [2.05, 4.69) is 15.4 Å². The number of hydrogen-bond donors (Lipinski definition) is 1. The second-order valence-corrected chi connectivity index (χ2v) is 8.40. The number of non-ortho nitro benzene ring substituents is 1. The van der Waals surface area contributed by atoms with Crippen LogP contribution in [0.3, 0.4) is 0 Å². The maximum Gasteiger partial charge on any atom is 0.270 e. The third kappa shape index (κ3) is 5.94. The zero-order valence-corrected chi connectivity index (χ0v) is 17.9. The maximum absolute atomic E-state index is 12.4. The van der Waals surface area contributed by atoms with Crippen LogP contribution in [0.1, 0.15) is 12.5 Å². The van der Waals surface area contributed by atoms with Gasteiger partial charge < -0.3 is 9.64 Å². The molecule has 1 N–H and O–H groups in total. The number of anilines is 1. The monoisotopic (exact) mass is 448 g/mol. The molecule has 8 nitrogen and oxygen atoms in total. The van der Waals surface area contributed by atoms with E-state index in [1.807, 2.05) is 12.1 Å². The number of benzene rings is 2. The highest BCUT2D eigenvalue weighted by atomic mass is 35.5. The Bertz CT molecular complexity index is 933. The van der Waals surface area contributed by atoms with Crippen LogP contribution in [0.2, 0.25) is 5.02 Å². The second-order valence-electron chi connectivity index (χ2n) is 6.55. The molecule has 1 saturated heterocycles. The van der Waals surface area contributed by atoms with E-state index < -0.39 is 4.92 Å². The van der Waals surface area contributed by atoms with Crippen molar-refractivity contribution in [3.63, 3.8) is 0 Å². The summed E-state index contributed by atoms with van der Waals surface area (Å²) in [4.78, 5) is 26.1. The number of nitro benzene ring substituents is 1. The smallest absolute Gasteiger partial charge is 0.270 e. The molecule has 0 spiro atoms. The highest BCUT2D eigenvalue weighted by molar-refractivity contribution is 8.00. The zero-order chi connectivity index (χ0) is 21.5. The minimum absolute atomic E-state index is 0.0357. The number of amides is 1. The van der Waals surface area contributed by atoms with Gasteiger partial charge in [0, 0.05) is 46.4 Å². The van der Waals surface area contributed by atoms with Gasteiger partial charge in [-0.2, -0.15) is 5.10 Å². The first-order valence-corrected chi connectivity index (χ1v) is 10.6. The molecule has 1 aliphatic rings. The summed E-state index contributed by atoms with van der Waals surface area (Å²) < 4.78 is 5.37. The van der Waals surface area contributed by atoms with Crippen LogP contribution >= 0.6 is 23.4 Å². The first-order chi connectivity index (χ1) is 14.4. The number of carbonyl (C=O) groups is 1. The number of morpholine rings is 1. The highest BCUT2D eigenvalue weighted by Gasteiger charge is 2.18. The van der Waals surface area contributed by atoms with Crippen molar-refractivity contribution in [3.05, 3.63) is 63.2 Å². The van der Waals surface area contributed by atoms with Crippen LogP contribution in [0, 0.1) is 10.1 Å². The molecule has 1 aliphatic heterocycles. The molecule has 1 heterocycles. The fourth-order valence-electron chi connectivity index (χ4n) is 2.88. The van der Waals surface area contributed by atoms with Crippen molar-refractivity contribution in [2.24, 2.45) is 5.10 Å². The van der Waals surface area contributed by atoms with Gasteiger partial charge in [0.1, 0.15) is 0 Å². The number of nitro groups is 1.